The van der Waals surface area contributed by atoms with Crippen molar-refractivity contribution < 1.29 is 33.7 Å². The Morgan fingerprint density at radius 1 is 1.11 bits per heavy atom. The molecule has 0 spiro atoms. The molecule has 2 heterocycles. The summed E-state index contributed by atoms with van der Waals surface area (Å²) < 4.78 is 15.5. The van der Waals surface area contributed by atoms with Gasteiger partial charge in [0.15, 0.2) is 23.0 Å². The van der Waals surface area contributed by atoms with Gasteiger partial charge in [0.25, 0.3) is 11.8 Å². The number of phenols is 1. The number of barbiturate groups is 1. The van der Waals surface area contributed by atoms with Crippen LogP contribution in [0, 0.1) is 0 Å². The summed E-state index contributed by atoms with van der Waals surface area (Å²) in [5.41, 5.74) is 0.423. The maximum Gasteiger partial charge on any atom is 0.335 e. The molecule has 0 atom stereocenters. The van der Waals surface area contributed by atoms with Crippen LogP contribution in [0.3, 0.4) is 0 Å². The van der Waals surface area contributed by atoms with Gasteiger partial charge in [-0.15, -0.1) is 0 Å². The quantitative estimate of drug-likeness (QED) is 0.614. The van der Waals surface area contributed by atoms with E-state index in [9.17, 15) is 19.5 Å². The van der Waals surface area contributed by atoms with Crippen LogP contribution in [-0.2, 0) is 9.59 Å². The maximum absolute atomic E-state index is 12.9. The fourth-order valence-corrected chi connectivity index (χ4v) is 2.87. The molecular formula is C19H14N2O7. The Morgan fingerprint density at radius 2 is 1.89 bits per heavy atom. The smallest absolute Gasteiger partial charge is 0.335 e. The van der Waals surface area contributed by atoms with Gasteiger partial charge >= 0.3 is 6.03 Å². The number of ether oxygens (including phenoxy) is 3. The van der Waals surface area contributed by atoms with E-state index in [1.54, 1.807) is 6.07 Å². The number of amides is 4. The molecule has 4 rings (SSSR count). The first-order chi connectivity index (χ1) is 13.5. The lowest BCUT2D eigenvalue weighted by atomic mass is 10.1. The molecule has 0 bridgehead atoms. The first-order valence-corrected chi connectivity index (χ1v) is 8.16. The first kappa shape index (κ1) is 17.4. The first-order valence-electron chi connectivity index (χ1n) is 8.16. The molecule has 2 aromatic carbocycles. The number of benzene rings is 2. The third kappa shape index (κ3) is 2.88. The predicted octanol–water partition coefficient (Wildman–Crippen LogP) is 1.80. The molecule has 2 N–H and O–H groups in total. The zero-order chi connectivity index (χ0) is 19.8. The number of nitrogens with one attached hydrogen (secondary N) is 1. The predicted molar refractivity (Wildman–Crippen MR) is 96.2 cm³/mol. The number of aromatic hydroxyl groups is 1. The van der Waals surface area contributed by atoms with Crippen molar-refractivity contribution in [2.75, 3.05) is 18.8 Å². The lowest BCUT2D eigenvalue weighted by Crippen LogP contribution is -2.54. The molecule has 4 amide bonds. The Morgan fingerprint density at radius 3 is 2.68 bits per heavy atom. The molecule has 0 aromatic heterocycles. The van der Waals surface area contributed by atoms with Gasteiger partial charge in [-0.1, -0.05) is 6.07 Å². The summed E-state index contributed by atoms with van der Waals surface area (Å²) in [6.07, 6.45) is 1.31. The minimum Gasteiger partial charge on any atom is -0.504 e. The van der Waals surface area contributed by atoms with Gasteiger partial charge in [0, 0.05) is 6.07 Å². The van der Waals surface area contributed by atoms with Crippen LogP contribution in [0.5, 0.6) is 23.0 Å². The van der Waals surface area contributed by atoms with E-state index in [0.717, 1.165) is 4.90 Å². The standard InChI is InChI=1S/C19H14N2O7/c1-26-15-7-10(2-4-13(15)22)6-12-17(23)20-19(25)21(18(12)24)11-3-5-14-16(8-11)28-9-27-14/h2-8,22H,9H2,1H3,(H,20,23,25)/b12-6+. The Hall–Kier alpha value is -4.01. The number of methoxy groups -OCH3 is 1. The highest BCUT2D eigenvalue weighted by atomic mass is 16.7. The number of anilines is 1. The van der Waals surface area contributed by atoms with E-state index in [-0.39, 0.29) is 29.6 Å². The van der Waals surface area contributed by atoms with Crippen LogP contribution in [0.4, 0.5) is 10.5 Å². The van der Waals surface area contributed by atoms with E-state index in [4.69, 9.17) is 14.2 Å². The third-order valence-corrected chi connectivity index (χ3v) is 4.23. The molecule has 2 aliphatic rings. The van der Waals surface area contributed by atoms with Gasteiger partial charge in [0.05, 0.1) is 12.8 Å². The number of rotatable bonds is 3. The normalized spacial score (nSPS) is 17.1. The van der Waals surface area contributed by atoms with Crippen molar-refractivity contribution >= 4 is 29.6 Å². The Balaban J connectivity index is 1.72. The van der Waals surface area contributed by atoms with Crippen molar-refractivity contribution in [1.82, 2.24) is 5.32 Å². The van der Waals surface area contributed by atoms with Crippen molar-refractivity contribution in [2.45, 2.75) is 0 Å². The molecule has 142 valence electrons. The summed E-state index contributed by atoms with van der Waals surface area (Å²) in [4.78, 5) is 38.2. The van der Waals surface area contributed by atoms with Crippen LogP contribution in [0.2, 0.25) is 0 Å². The summed E-state index contributed by atoms with van der Waals surface area (Å²) in [6, 6.07) is 8.05. The van der Waals surface area contributed by atoms with Crippen molar-refractivity contribution in [3.8, 4) is 23.0 Å². The lowest BCUT2D eigenvalue weighted by molar-refractivity contribution is -0.122. The largest absolute Gasteiger partial charge is 0.504 e. The van der Waals surface area contributed by atoms with Crippen molar-refractivity contribution in [2.24, 2.45) is 0 Å². The van der Waals surface area contributed by atoms with Gasteiger partial charge < -0.3 is 19.3 Å². The summed E-state index contributed by atoms with van der Waals surface area (Å²) in [5, 5.41) is 11.8. The number of carbonyl (C=O) groups is 3. The zero-order valence-electron chi connectivity index (χ0n) is 14.6. The number of imide groups is 2. The summed E-state index contributed by atoms with van der Waals surface area (Å²) >= 11 is 0. The number of carbonyl (C=O) groups excluding carboxylic acids is 3. The average molecular weight is 382 g/mol. The minimum absolute atomic E-state index is 0.0469. The number of hydrogen-bond acceptors (Lipinski definition) is 7. The molecule has 28 heavy (non-hydrogen) atoms. The van der Waals surface area contributed by atoms with Crippen LogP contribution >= 0.6 is 0 Å². The molecule has 2 aliphatic heterocycles. The monoisotopic (exact) mass is 382 g/mol. The van der Waals surface area contributed by atoms with Crippen molar-refractivity contribution in [3.05, 3.63) is 47.5 Å². The Kier molecular flexibility index (Phi) is 4.11. The molecule has 0 saturated carbocycles. The highest BCUT2D eigenvalue weighted by Gasteiger charge is 2.37. The maximum atomic E-state index is 12.9. The van der Waals surface area contributed by atoms with Crippen LogP contribution in [0.15, 0.2) is 42.0 Å². The number of nitrogens with zero attached hydrogens (tertiary/aromatic N) is 1. The number of phenolic OH excluding ortho intramolecular Hbond substituents is 1. The molecule has 2 aromatic rings. The molecule has 9 nitrogen and oxygen atoms in total. The molecule has 0 aliphatic carbocycles. The molecular weight excluding hydrogens is 368 g/mol. The SMILES string of the molecule is COc1cc(/C=C2\C(=O)NC(=O)N(c3ccc4c(c3)OCO4)C2=O)ccc1O. The van der Waals surface area contributed by atoms with Crippen LogP contribution < -0.4 is 24.4 Å². The topological polar surface area (TPSA) is 114 Å². The zero-order valence-corrected chi connectivity index (χ0v) is 14.6. The fourth-order valence-electron chi connectivity index (χ4n) is 2.87. The van der Waals surface area contributed by atoms with E-state index in [2.05, 4.69) is 5.32 Å². The second kappa shape index (κ2) is 6.62. The highest BCUT2D eigenvalue weighted by molar-refractivity contribution is 6.39. The van der Waals surface area contributed by atoms with Gasteiger partial charge in [-0.05, 0) is 35.9 Å². The fraction of sp³-hybridized carbons (Fsp3) is 0.105. The average Bonchev–Trinajstić information content (AvgIpc) is 3.14. The van der Waals surface area contributed by atoms with E-state index in [1.165, 1.54) is 43.5 Å². The van der Waals surface area contributed by atoms with Crippen molar-refractivity contribution in [3.63, 3.8) is 0 Å². The number of fused-ring (bicyclic) bond motifs is 1. The van der Waals surface area contributed by atoms with Crippen LogP contribution in [0.1, 0.15) is 5.56 Å². The Labute approximate surface area is 158 Å². The van der Waals surface area contributed by atoms with Gasteiger partial charge in [0.1, 0.15) is 5.57 Å². The van der Waals surface area contributed by atoms with Gasteiger partial charge in [-0.2, -0.15) is 0 Å². The Bertz CT molecular complexity index is 1040. The number of urea groups is 1. The van der Waals surface area contributed by atoms with E-state index in [0.29, 0.717) is 17.1 Å². The highest BCUT2D eigenvalue weighted by Crippen LogP contribution is 2.36. The molecule has 9 heteroatoms. The minimum atomic E-state index is -0.866. The van der Waals surface area contributed by atoms with E-state index < -0.39 is 17.8 Å². The van der Waals surface area contributed by atoms with Gasteiger partial charge in [-0.3, -0.25) is 14.9 Å². The third-order valence-electron chi connectivity index (χ3n) is 4.23. The van der Waals surface area contributed by atoms with Gasteiger partial charge in [0.2, 0.25) is 6.79 Å². The van der Waals surface area contributed by atoms with Crippen molar-refractivity contribution in [1.29, 1.82) is 0 Å². The summed E-state index contributed by atoms with van der Waals surface area (Å²) in [6.45, 7) is 0.0469. The van der Waals surface area contributed by atoms with E-state index in [1.807, 2.05) is 0 Å². The molecule has 0 radical (unpaired) electrons. The van der Waals surface area contributed by atoms with Crippen LogP contribution in [0.25, 0.3) is 6.08 Å². The molecule has 0 unspecified atom stereocenters. The second-order valence-electron chi connectivity index (χ2n) is 5.93. The lowest BCUT2D eigenvalue weighted by Gasteiger charge is -2.26. The molecule has 1 fully saturated rings. The second-order valence-corrected chi connectivity index (χ2v) is 5.93. The summed E-state index contributed by atoms with van der Waals surface area (Å²) in [7, 11) is 1.38. The van der Waals surface area contributed by atoms with Gasteiger partial charge in [-0.25, -0.2) is 9.69 Å². The number of hydrogen-bond donors (Lipinski definition) is 2. The molecule has 1 saturated heterocycles. The summed E-state index contributed by atoms with van der Waals surface area (Å²) in [5.74, 6) is -0.623. The van der Waals surface area contributed by atoms with E-state index >= 15 is 0 Å². The van der Waals surface area contributed by atoms with Crippen LogP contribution in [-0.4, -0.2) is 36.9 Å².